The van der Waals surface area contributed by atoms with E-state index in [1.54, 1.807) is 30.3 Å². The van der Waals surface area contributed by atoms with Crippen LogP contribution >= 0.6 is 11.6 Å². The Bertz CT molecular complexity index is 835. The lowest BCUT2D eigenvalue weighted by molar-refractivity contribution is 0.0988. The molecule has 2 heterocycles. The number of hydrogen-bond acceptors (Lipinski definition) is 4. The molecule has 1 amide bonds. The summed E-state index contributed by atoms with van der Waals surface area (Å²) in [5, 5.41) is 6.41. The molecule has 0 saturated heterocycles. The predicted octanol–water partition coefficient (Wildman–Crippen LogP) is 3.78. The number of nitrogens with zero attached hydrogens (tertiary/aromatic N) is 2. The van der Waals surface area contributed by atoms with E-state index in [4.69, 9.17) is 16.1 Å². The summed E-state index contributed by atoms with van der Waals surface area (Å²) in [6.45, 7) is 0. The lowest BCUT2D eigenvalue weighted by Gasteiger charge is -2.03. The first-order chi connectivity index (χ1) is 10.6. The Morgan fingerprint density at radius 2 is 2.05 bits per heavy atom. The lowest BCUT2D eigenvalue weighted by atomic mass is 10.1. The highest BCUT2D eigenvalue weighted by molar-refractivity contribution is 6.32. The van der Waals surface area contributed by atoms with E-state index in [1.807, 2.05) is 0 Å². The maximum Gasteiger partial charge on any atom is 0.294 e. The minimum Gasteiger partial charge on any atom is -0.350 e. The van der Waals surface area contributed by atoms with Crippen molar-refractivity contribution in [3.8, 4) is 11.3 Å². The van der Waals surface area contributed by atoms with Gasteiger partial charge in [-0.2, -0.15) is 0 Å². The number of nitrogens with one attached hydrogen (secondary N) is 1. The van der Waals surface area contributed by atoms with Gasteiger partial charge in [0.25, 0.3) is 5.91 Å². The molecule has 7 heteroatoms. The van der Waals surface area contributed by atoms with Gasteiger partial charge >= 0.3 is 0 Å². The molecule has 5 nitrogen and oxygen atoms in total. The van der Waals surface area contributed by atoms with E-state index in [0.29, 0.717) is 5.69 Å². The molecule has 0 aliphatic heterocycles. The van der Waals surface area contributed by atoms with Gasteiger partial charge in [0.2, 0.25) is 5.76 Å². The molecule has 0 bridgehead atoms. The summed E-state index contributed by atoms with van der Waals surface area (Å²) >= 11 is 5.86. The molecule has 0 spiro atoms. The molecule has 110 valence electrons. The highest BCUT2D eigenvalue weighted by Crippen LogP contribution is 2.23. The van der Waals surface area contributed by atoms with Crippen LogP contribution in [0.3, 0.4) is 0 Å². The monoisotopic (exact) mass is 317 g/mol. The Morgan fingerprint density at radius 3 is 2.82 bits per heavy atom. The van der Waals surface area contributed by atoms with Crippen molar-refractivity contribution in [1.82, 2.24) is 10.1 Å². The number of carbonyl (C=O) groups is 1. The number of halogens is 2. The summed E-state index contributed by atoms with van der Waals surface area (Å²) in [4.78, 5) is 15.9. The van der Waals surface area contributed by atoms with Crippen molar-refractivity contribution in [2.24, 2.45) is 0 Å². The number of hydrogen-bond donors (Lipinski definition) is 1. The topological polar surface area (TPSA) is 68.0 Å². The molecular formula is C15H9ClFN3O2. The number of rotatable bonds is 3. The third-order valence-corrected chi connectivity index (χ3v) is 3.19. The van der Waals surface area contributed by atoms with Crippen LogP contribution in [0.15, 0.2) is 53.2 Å². The molecular weight excluding hydrogens is 309 g/mol. The van der Waals surface area contributed by atoms with Gasteiger partial charge < -0.3 is 9.84 Å². The average Bonchev–Trinajstić information content (AvgIpc) is 3.00. The molecule has 0 unspecified atom stereocenters. The van der Waals surface area contributed by atoms with Crippen LogP contribution in [0.25, 0.3) is 11.3 Å². The zero-order chi connectivity index (χ0) is 15.5. The quantitative estimate of drug-likeness (QED) is 0.746. The van der Waals surface area contributed by atoms with Crippen molar-refractivity contribution in [3.63, 3.8) is 0 Å². The molecule has 0 atom stereocenters. The normalized spacial score (nSPS) is 10.5. The second-order valence-corrected chi connectivity index (χ2v) is 4.71. The SMILES string of the molecule is O=C(Nc1cccnc1Cl)c1cc(-c2ccccc2F)no1. The van der Waals surface area contributed by atoms with Gasteiger partial charge in [-0.15, -0.1) is 0 Å². The largest absolute Gasteiger partial charge is 0.350 e. The summed E-state index contributed by atoms with van der Waals surface area (Å²) in [5.41, 5.74) is 0.836. The minimum absolute atomic E-state index is 0.0572. The van der Waals surface area contributed by atoms with E-state index < -0.39 is 11.7 Å². The summed E-state index contributed by atoms with van der Waals surface area (Å²) in [6.07, 6.45) is 1.50. The van der Waals surface area contributed by atoms with Gasteiger partial charge in [-0.1, -0.05) is 28.9 Å². The van der Waals surface area contributed by atoms with E-state index in [9.17, 15) is 9.18 Å². The first kappa shape index (κ1) is 14.2. The smallest absolute Gasteiger partial charge is 0.294 e. The molecule has 0 aliphatic carbocycles. The highest BCUT2D eigenvalue weighted by atomic mass is 35.5. The van der Waals surface area contributed by atoms with Gasteiger partial charge in [-0.05, 0) is 24.3 Å². The molecule has 22 heavy (non-hydrogen) atoms. The van der Waals surface area contributed by atoms with Crippen molar-refractivity contribution in [1.29, 1.82) is 0 Å². The van der Waals surface area contributed by atoms with Crippen LogP contribution < -0.4 is 5.32 Å². The van der Waals surface area contributed by atoms with Crippen LogP contribution in [0, 0.1) is 5.82 Å². The van der Waals surface area contributed by atoms with E-state index >= 15 is 0 Å². The van der Waals surface area contributed by atoms with Crippen LogP contribution in [0.1, 0.15) is 10.6 Å². The van der Waals surface area contributed by atoms with Crippen LogP contribution in [-0.2, 0) is 0 Å². The molecule has 1 N–H and O–H groups in total. The zero-order valence-corrected chi connectivity index (χ0v) is 11.8. The van der Waals surface area contributed by atoms with E-state index in [0.717, 1.165) is 0 Å². The molecule has 2 aromatic heterocycles. The second kappa shape index (κ2) is 5.95. The Morgan fingerprint density at radius 1 is 1.23 bits per heavy atom. The average molecular weight is 318 g/mol. The highest BCUT2D eigenvalue weighted by Gasteiger charge is 2.17. The van der Waals surface area contributed by atoms with Crippen LogP contribution in [0.2, 0.25) is 5.15 Å². The summed E-state index contributed by atoms with van der Waals surface area (Å²) in [7, 11) is 0. The first-order valence-electron chi connectivity index (χ1n) is 6.28. The fourth-order valence-electron chi connectivity index (χ4n) is 1.84. The summed E-state index contributed by atoms with van der Waals surface area (Å²) in [6, 6.07) is 10.7. The van der Waals surface area contributed by atoms with Crippen LogP contribution in [-0.4, -0.2) is 16.0 Å². The van der Waals surface area contributed by atoms with Gasteiger partial charge in [-0.3, -0.25) is 4.79 Å². The van der Waals surface area contributed by atoms with Crippen molar-refractivity contribution >= 4 is 23.2 Å². The molecule has 0 aliphatic rings. The Hall–Kier alpha value is -2.73. The minimum atomic E-state index is -0.551. The Balaban J connectivity index is 1.84. The van der Waals surface area contributed by atoms with E-state index in [1.165, 1.54) is 18.3 Å². The molecule has 3 rings (SSSR count). The number of benzene rings is 1. The maximum absolute atomic E-state index is 13.7. The third-order valence-electron chi connectivity index (χ3n) is 2.89. The Kier molecular flexibility index (Phi) is 3.84. The predicted molar refractivity (Wildman–Crippen MR) is 79.1 cm³/mol. The fraction of sp³-hybridized carbons (Fsp3) is 0. The Labute approximate surface area is 129 Å². The van der Waals surface area contributed by atoms with Gasteiger partial charge in [0.05, 0.1) is 5.69 Å². The van der Waals surface area contributed by atoms with E-state index in [-0.39, 0.29) is 22.2 Å². The number of carbonyl (C=O) groups excluding carboxylic acids is 1. The van der Waals surface area contributed by atoms with Crippen molar-refractivity contribution in [2.75, 3.05) is 5.32 Å². The lowest BCUT2D eigenvalue weighted by Crippen LogP contribution is -2.11. The van der Waals surface area contributed by atoms with Gasteiger partial charge in [0, 0.05) is 17.8 Å². The summed E-state index contributed by atoms with van der Waals surface area (Å²) in [5.74, 6) is -1.05. The standard InChI is InChI=1S/C15H9ClFN3O2/c16-14-11(6-3-7-18-14)19-15(21)13-8-12(20-22-13)9-4-1-2-5-10(9)17/h1-8H,(H,19,21). The number of aromatic nitrogens is 2. The van der Waals surface area contributed by atoms with E-state index in [2.05, 4.69) is 15.5 Å². The first-order valence-corrected chi connectivity index (χ1v) is 6.66. The zero-order valence-electron chi connectivity index (χ0n) is 11.1. The van der Waals surface area contributed by atoms with Crippen molar-refractivity contribution in [3.05, 3.63) is 65.4 Å². The number of pyridine rings is 1. The molecule has 3 aromatic rings. The van der Waals surface area contributed by atoms with Crippen molar-refractivity contribution < 1.29 is 13.7 Å². The molecule has 1 aromatic carbocycles. The summed E-state index contributed by atoms with van der Waals surface area (Å²) < 4.78 is 18.6. The number of anilines is 1. The third kappa shape index (κ3) is 2.82. The second-order valence-electron chi connectivity index (χ2n) is 4.35. The van der Waals surface area contributed by atoms with Crippen molar-refractivity contribution in [2.45, 2.75) is 0 Å². The number of amides is 1. The molecule has 0 saturated carbocycles. The molecule has 0 fully saturated rings. The molecule has 0 radical (unpaired) electrons. The van der Waals surface area contributed by atoms with Crippen LogP contribution in [0.4, 0.5) is 10.1 Å². The van der Waals surface area contributed by atoms with Gasteiger partial charge in [0.15, 0.2) is 5.15 Å². The van der Waals surface area contributed by atoms with Gasteiger partial charge in [-0.25, -0.2) is 9.37 Å². The van der Waals surface area contributed by atoms with Gasteiger partial charge in [0.1, 0.15) is 11.5 Å². The fourth-order valence-corrected chi connectivity index (χ4v) is 2.01. The van der Waals surface area contributed by atoms with Crippen LogP contribution in [0.5, 0.6) is 0 Å². The maximum atomic E-state index is 13.7.